The molecular formula is C28H52O9. The van der Waals surface area contributed by atoms with Crippen molar-refractivity contribution in [2.75, 3.05) is 39.6 Å². The molecule has 0 aromatic heterocycles. The lowest BCUT2D eigenvalue weighted by Crippen LogP contribution is -2.62. The zero-order valence-corrected chi connectivity index (χ0v) is 23.4. The lowest BCUT2D eigenvalue weighted by Gasteiger charge is -2.45. The highest BCUT2D eigenvalue weighted by Gasteiger charge is 2.48. The minimum Gasteiger partial charge on any atom is -0.493 e. The van der Waals surface area contributed by atoms with Gasteiger partial charge in [-0.1, -0.05) is 53.4 Å². The molecule has 0 radical (unpaired) electrons. The van der Waals surface area contributed by atoms with Gasteiger partial charge in [0.1, 0.15) is 36.6 Å². The molecule has 37 heavy (non-hydrogen) atoms. The molecule has 2 N–H and O–H groups in total. The van der Waals surface area contributed by atoms with E-state index in [1.165, 1.54) is 0 Å². The first-order valence-corrected chi connectivity index (χ1v) is 14.4. The topological polar surface area (TPSA) is 105 Å². The van der Waals surface area contributed by atoms with Gasteiger partial charge >= 0.3 is 0 Å². The minimum atomic E-state index is -1.19. The van der Waals surface area contributed by atoms with Crippen LogP contribution in [0.15, 0.2) is 12.3 Å². The lowest BCUT2D eigenvalue weighted by atomic mass is 9.98. The average Bonchev–Trinajstić information content (AvgIpc) is 2.90. The Balaban J connectivity index is 2.18. The molecule has 0 aliphatic carbocycles. The molecular weight excluding hydrogens is 480 g/mol. The Kier molecular flexibility index (Phi) is 16.9. The molecule has 1 fully saturated rings. The molecule has 0 amide bonds. The molecule has 2 heterocycles. The van der Waals surface area contributed by atoms with Gasteiger partial charge in [0.2, 0.25) is 0 Å². The van der Waals surface area contributed by atoms with Crippen LogP contribution in [0.4, 0.5) is 0 Å². The molecule has 218 valence electrons. The molecule has 9 nitrogen and oxygen atoms in total. The summed E-state index contributed by atoms with van der Waals surface area (Å²) >= 11 is 0. The van der Waals surface area contributed by atoms with Crippen molar-refractivity contribution in [3.8, 4) is 0 Å². The van der Waals surface area contributed by atoms with E-state index in [1.807, 2.05) is 6.08 Å². The molecule has 3 unspecified atom stereocenters. The number of ether oxygens (including phenoxy) is 7. The third kappa shape index (κ3) is 11.1. The Hall–Kier alpha value is -0.780. The number of aliphatic hydroxyl groups is 2. The van der Waals surface area contributed by atoms with Gasteiger partial charge in [0.15, 0.2) is 12.4 Å². The Morgan fingerprint density at radius 2 is 1.24 bits per heavy atom. The molecule has 2 aliphatic rings. The zero-order valence-electron chi connectivity index (χ0n) is 23.4. The Morgan fingerprint density at radius 3 is 1.86 bits per heavy atom. The zero-order chi connectivity index (χ0) is 26.9. The lowest BCUT2D eigenvalue weighted by molar-refractivity contribution is -0.334. The van der Waals surface area contributed by atoms with Gasteiger partial charge in [-0.25, -0.2) is 0 Å². The molecule has 0 aromatic carbocycles. The maximum atomic E-state index is 11.0. The SMILES string of the molecule is CCCCOCC1O[C@@H](O[C@@H]2C(COCCCC)OC=C[C@H]2OCCCC)[C@@H](OCCCC)C(O)[C@H]1O. The number of hydrogen-bond acceptors (Lipinski definition) is 9. The quantitative estimate of drug-likeness (QED) is 0.227. The Bertz CT molecular complexity index is 588. The Morgan fingerprint density at radius 1 is 0.676 bits per heavy atom. The summed E-state index contributed by atoms with van der Waals surface area (Å²) in [5.41, 5.74) is 0. The fourth-order valence-electron chi connectivity index (χ4n) is 4.18. The maximum absolute atomic E-state index is 11.0. The second kappa shape index (κ2) is 19.3. The highest BCUT2D eigenvalue weighted by atomic mass is 16.7. The van der Waals surface area contributed by atoms with E-state index in [2.05, 4.69) is 27.7 Å². The van der Waals surface area contributed by atoms with Crippen molar-refractivity contribution in [3.05, 3.63) is 12.3 Å². The second-order valence-corrected chi connectivity index (χ2v) is 9.86. The standard InChI is InChI=1S/C28H52O9/c1-5-9-14-31-19-22-24(29)25(30)27(35-17-12-8-4)28(36-22)37-26-21(33-16-11-7-3)13-18-34-23(26)20-32-15-10-6-2/h13,18,21-30H,5-12,14-17,19-20H2,1-4H3/t21-,22?,23?,24+,25?,26+,27+,28+/m1/s1. The largest absolute Gasteiger partial charge is 0.493 e. The highest BCUT2D eigenvalue weighted by Crippen LogP contribution is 2.30. The predicted octanol–water partition coefficient (Wildman–Crippen LogP) is 3.73. The summed E-state index contributed by atoms with van der Waals surface area (Å²) in [6, 6.07) is 0. The first-order valence-electron chi connectivity index (χ1n) is 14.4. The van der Waals surface area contributed by atoms with Gasteiger partial charge < -0.3 is 43.4 Å². The summed E-state index contributed by atoms with van der Waals surface area (Å²) in [6.45, 7) is 11.1. The van der Waals surface area contributed by atoms with E-state index in [4.69, 9.17) is 33.2 Å². The maximum Gasteiger partial charge on any atom is 0.187 e. The summed E-state index contributed by atoms with van der Waals surface area (Å²) in [7, 11) is 0. The van der Waals surface area contributed by atoms with Gasteiger partial charge in [-0.2, -0.15) is 0 Å². The van der Waals surface area contributed by atoms with Crippen molar-refractivity contribution < 1.29 is 43.4 Å². The van der Waals surface area contributed by atoms with E-state index >= 15 is 0 Å². The average molecular weight is 533 g/mol. The molecule has 0 saturated carbocycles. The molecule has 0 spiro atoms. The summed E-state index contributed by atoms with van der Waals surface area (Å²) < 4.78 is 42.4. The van der Waals surface area contributed by atoms with Crippen LogP contribution in [0.5, 0.6) is 0 Å². The molecule has 8 atom stereocenters. The van der Waals surface area contributed by atoms with Crippen molar-refractivity contribution in [1.82, 2.24) is 0 Å². The number of unbranched alkanes of at least 4 members (excludes halogenated alkanes) is 4. The predicted molar refractivity (Wildman–Crippen MR) is 140 cm³/mol. The van der Waals surface area contributed by atoms with Crippen LogP contribution in [0.25, 0.3) is 0 Å². The van der Waals surface area contributed by atoms with Crippen molar-refractivity contribution in [1.29, 1.82) is 0 Å². The minimum absolute atomic E-state index is 0.154. The number of rotatable bonds is 20. The van der Waals surface area contributed by atoms with Gasteiger partial charge in [-0.3, -0.25) is 0 Å². The van der Waals surface area contributed by atoms with Crippen molar-refractivity contribution in [3.63, 3.8) is 0 Å². The van der Waals surface area contributed by atoms with E-state index in [-0.39, 0.29) is 12.7 Å². The van der Waals surface area contributed by atoms with Gasteiger partial charge in [-0.05, 0) is 31.8 Å². The summed E-state index contributed by atoms with van der Waals surface area (Å²) in [4.78, 5) is 0. The first-order chi connectivity index (χ1) is 18.1. The van der Waals surface area contributed by atoms with Crippen LogP contribution in [-0.4, -0.2) is 98.9 Å². The van der Waals surface area contributed by atoms with Crippen LogP contribution in [-0.2, 0) is 33.2 Å². The molecule has 0 bridgehead atoms. The molecule has 0 aromatic rings. The number of hydrogen-bond donors (Lipinski definition) is 2. The summed E-state index contributed by atoms with van der Waals surface area (Å²) in [5, 5.41) is 21.8. The smallest absolute Gasteiger partial charge is 0.187 e. The monoisotopic (exact) mass is 532 g/mol. The van der Waals surface area contributed by atoms with Gasteiger partial charge in [0.05, 0.1) is 19.5 Å². The fourth-order valence-corrected chi connectivity index (χ4v) is 4.18. The van der Waals surface area contributed by atoms with Crippen molar-refractivity contribution >= 4 is 0 Å². The second-order valence-electron chi connectivity index (χ2n) is 9.86. The van der Waals surface area contributed by atoms with Crippen LogP contribution in [0.1, 0.15) is 79.1 Å². The third-order valence-electron chi connectivity index (χ3n) is 6.61. The normalized spacial score (nSPS) is 31.9. The summed E-state index contributed by atoms with van der Waals surface area (Å²) in [5.74, 6) is 0. The van der Waals surface area contributed by atoms with Crippen LogP contribution >= 0.6 is 0 Å². The highest BCUT2D eigenvalue weighted by molar-refractivity contribution is 5.00. The van der Waals surface area contributed by atoms with Crippen LogP contribution in [0.3, 0.4) is 0 Å². The first kappa shape index (κ1) is 32.4. The summed E-state index contributed by atoms with van der Waals surface area (Å²) in [6.07, 6.45) is 4.90. The fraction of sp³-hybridized carbons (Fsp3) is 0.929. The third-order valence-corrected chi connectivity index (χ3v) is 6.61. The number of aliphatic hydroxyl groups excluding tert-OH is 2. The van der Waals surface area contributed by atoms with Gasteiger partial charge in [0, 0.05) is 26.4 Å². The Labute approximate surface area is 223 Å². The van der Waals surface area contributed by atoms with E-state index in [9.17, 15) is 10.2 Å². The van der Waals surface area contributed by atoms with E-state index in [1.54, 1.807) is 6.26 Å². The molecule has 2 rings (SSSR count). The van der Waals surface area contributed by atoms with Gasteiger partial charge in [0.25, 0.3) is 0 Å². The van der Waals surface area contributed by atoms with E-state index in [0.717, 1.165) is 51.4 Å². The van der Waals surface area contributed by atoms with E-state index in [0.29, 0.717) is 33.0 Å². The van der Waals surface area contributed by atoms with Crippen LogP contribution in [0.2, 0.25) is 0 Å². The van der Waals surface area contributed by atoms with Gasteiger partial charge in [-0.15, -0.1) is 0 Å². The molecule has 2 aliphatic heterocycles. The van der Waals surface area contributed by atoms with Crippen molar-refractivity contribution in [2.45, 2.75) is 128 Å². The van der Waals surface area contributed by atoms with E-state index < -0.39 is 42.9 Å². The van der Waals surface area contributed by atoms with Crippen molar-refractivity contribution in [2.24, 2.45) is 0 Å². The van der Waals surface area contributed by atoms with Crippen LogP contribution in [0, 0.1) is 0 Å². The molecule has 9 heteroatoms. The molecule has 1 saturated heterocycles. The van der Waals surface area contributed by atoms with Crippen LogP contribution < -0.4 is 0 Å².